The topological polar surface area (TPSA) is 63.8 Å². The lowest BCUT2D eigenvalue weighted by Crippen LogP contribution is -1.94. The lowest BCUT2D eigenvalue weighted by atomic mass is 10.4. The Hall–Kier alpha value is -2.21. The van der Waals surface area contributed by atoms with E-state index in [1.165, 1.54) is 11.3 Å². The van der Waals surface area contributed by atoms with Crippen molar-refractivity contribution in [2.24, 2.45) is 0 Å². The minimum absolute atomic E-state index is 0.536. The molecule has 0 aromatic carbocycles. The lowest BCUT2D eigenvalue weighted by molar-refractivity contribution is 0.547. The van der Waals surface area contributed by atoms with Crippen LogP contribution in [0.15, 0.2) is 40.4 Å². The average molecular weight is 258 g/mol. The van der Waals surface area contributed by atoms with E-state index >= 15 is 0 Å². The van der Waals surface area contributed by atoms with Crippen LogP contribution in [-0.4, -0.2) is 15.0 Å². The van der Waals surface area contributed by atoms with Crippen LogP contribution in [0.4, 0.5) is 11.1 Å². The van der Waals surface area contributed by atoms with Crippen molar-refractivity contribution in [3.8, 4) is 11.5 Å². The third-order valence-electron chi connectivity index (χ3n) is 2.28. The predicted octanol–water partition coefficient (Wildman–Crippen LogP) is 3.25. The van der Waals surface area contributed by atoms with E-state index in [9.17, 15) is 0 Å². The van der Waals surface area contributed by atoms with E-state index < -0.39 is 0 Å². The molecule has 3 aromatic rings. The molecule has 0 aliphatic rings. The van der Waals surface area contributed by atoms with Gasteiger partial charge in [-0.1, -0.05) is 0 Å². The Kier molecular flexibility index (Phi) is 2.77. The first-order valence-corrected chi connectivity index (χ1v) is 6.25. The van der Waals surface area contributed by atoms with Gasteiger partial charge in [-0.2, -0.15) is 0 Å². The van der Waals surface area contributed by atoms with Crippen molar-refractivity contribution in [1.82, 2.24) is 15.0 Å². The van der Waals surface area contributed by atoms with E-state index in [1.807, 2.05) is 24.4 Å². The van der Waals surface area contributed by atoms with Gasteiger partial charge in [0.1, 0.15) is 11.5 Å². The van der Waals surface area contributed by atoms with E-state index in [-0.39, 0.29) is 0 Å². The number of anilines is 2. The highest BCUT2D eigenvalue weighted by molar-refractivity contribution is 7.14. The standard InChI is InChI=1S/C12H10N4OS/c1-8-3-4-10(17-8)9-7-18-12(15-9)16-11-13-5-2-6-14-11/h2-7H,1H3,(H,13,14,15,16). The largest absolute Gasteiger partial charge is 0.460 e. The number of rotatable bonds is 3. The van der Waals surface area contributed by atoms with Crippen LogP contribution in [-0.2, 0) is 0 Å². The molecule has 0 fully saturated rings. The maximum Gasteiger partial charge on any atom is 0.228 e. The molecule has 5 nitrogen and oxygen atoms in total. The van der Waals surface area contributed by atoms with Crippen molar-refractivity contribution in [2.45, 2.75) is 6.92 Å². The number of aromatic nitrogens is 3. The summed E-state index contributed by atoms with van der Waals surface area (Å²) in [6, 6.07) is 5.60. The quantitative estimate of drug-likeness (QED) is 0.781. The summed E-state index contributed by atoms with van der Waals surface area (Å²) >= 11 is 1.49. The molecule has 0 spiro atoms. The lowest BCUT2D eigenvalue weighted by Gasteiger charge is -1.97. The summed E-state index contributed by atoms with van der Waals surface area (Å²) < 4.78 is 5.52. The Bertz CT molecular complexity index is 647. The summed E-state index contributed by atoms with van der Waals surface area (Å²) in [5.74, 6) is 2.18. The molecule has 90 valence electrons. The molecule has 0 saturated heterocycles. The van der Waals surface area contributed by atoms with Gasteiger partial charge < -0.3 is 9.73 Å². The summed E-state index contributed by atoms with van der Waals surface area (Å²) in [6.45, 7) is 1.91. The highest BCUT2D eigenvalue weighted by Crippen LogP contribution is 2.27. The zero-order chi connectivity index (χ0) is 12.4. The molecule has 0 radical (unpaired) electrons. The van der Waals surface area contributed by atoms with E-state index in [2.05, 4.69) is 20.3 Å². The monoisotopic (exact) mass is 258 g/mol. The van der Waals surface area contributed by atoms with Gasteiger partial charge >= 0.3 is 0 Å². The molecule has 6 heteroatoms. The van der Waals surface area contributed by atoms with Crippen molar-refractivity contribution in [2.75, 3.05) is 5.32 Å². The minimum atomic E-state index is 0.536. The zero-order valence-corrected chi connectivity index (χ0v) is 10.4. The molecule has 3 heterocycles. The average Bonchev–Trinajstić information content (AvgIpc) is 2.99. The molecule has 0 atom stereocenters. The fraction of sp³-hybridized carbons (Fsp3) is 0.0833. The van der Waals surface area contributed by atoms with Crippen LogP contribution in [0.3, 0.4) is 0 Å². The number of hydrogen-bond donors (Lipinski definition) is 1. The van der Waals surface area contributed by atoms with Crippen LogP contribution in [0.25, 0.3) is 11.5 Å². The van der Waals surface area contributed by atoms with Gasteiger partial charge in [-0.25, -0.2) is 15.0 Å². The van der Waals surface area contributed by atoms with Crippen LogP contribution >= 0.6 is 11.3 Å². The van der Waals surface area contributed by atoms with Crippen molar-refractivity contribution in [1.29, 1.82) is 0 Å². The first-order chi connectivity index (χ1) is 8.81. The number of hydrogen-bond acceptors (Lipinski definition) is 6. The van der Waals surface area contributed by atoms with Crippen LogP contribution in [0.2, 0.25) is 0 Å². The van der Waals surface area contributed by atoms with Gasteiger partial charge in [-0.15, -0.1) is 11.3 Å². The third-order valence-corrected chi connectivity index (χ3v) is 3.04. The smallest absolute Gasteiger partial charge is 0.228 e. The number of furan rings is 1. The Labute approximate surface area is 108 Å². The minimum Gasteiger partial charge on any atom is -0.460 e. The highest BCUT2D eigenvalue weighted by atomic mass is 32.1. The first kappa shape index (κ1) is 10.9. The van der Waals surface area contributed by atoms with E-state index in [0.29, 0.717) is 5.95 Å². The second-order valence-corrected chi connectivity index (χ2v) is 4.50. The number of nitrogens with zero attached hydrogens (tertiary/aromatic N) is 3. The Balaban J connectivity index is 1.82. The van der Waals surface area contributed by atoms with Gasteiger partial charge in [0.15, 0.2) is 10.9 Å². The third kappa shape index (κ3) is 2.23. The number of aryl methyl sites for hydroxylation is 1. The second-order valence-electron chi connectivity index (χ2n) is 3.65. The van der Waals surface area contributed by atoms with E-state index in [4.69, 9.17) is 4.42 Å². The van der Waals surface area contributed by atoms with Crippen LogP contribution < -0.4 is 5.32 Å². The fourth-order valence-electron chi connectivity index (χ4n) is 1.48. The van der Waals surface area contributed by atoms with Gasteiger partial charge in [-0.3, -0.25) is 0 Å². The molecule has 0 saturated carbocycles. The van der Waals surface area contributed by atoms with Crippen molar-refractivity contribution >= 4 is 22.4 Å². The predicted molar refractivity (Wildman–Crippen MR) is 69.9 cm³/mol. The van der Waals surface area contributed by atoms with Crippen LogP contribution in [0, 0.1) is 6.92 Å². The van der Waals surface area contributed by atoms with Crippen LogP contribution in [0.5, 0.6) is 0 Å². The molecular weight excluding hydrogens is 248 g/mol. The number of nitrogens with one attached hydrogen (secondary N) is 1. The molecule has 3 aromatic heterocycles. The van der Waals surface area contributed by atoms with Gasteiger partial charge in [-0.05, 0) is 25.1 Å². The maximum atomic E-state index is 5.52. The maximum absolute atomic E-state index is 5.52. The van der Waals surface area contributed by atoms with Crippen LogP contribution in [0.1, 0.15) is 5.76 Å². The highest BCUT2D eigenvalue weighted by Gasteiger charge is 2.08. The molecule has 0 unspecified atom stereocenters. The van der Waals surface area contributed by atoms with Gasteiger partial charge in [0.05, 0.1) is 0 Å². The molecular formula is C12H10N4OS. The number of thiazole rings is 1. The van der Waals surface area contributed by atoms with Gasteiger partial charge in [0.2, 0.25) is 5.95 Å². The molecule has 0 amide bonds. The molecule has 1 N–H and O–H groups in total. The SMILES string of the molecule is Cc1ccc(-c2csc(Nc3ncccn3)n2)o1. The summed E-state index contributed by atoms with van der Waals surface area (Å²) in [7, 11) is 0. The Morgan fingerprint density at radius 3 is 2.78 bits per heavy atom. The summed E-state index contributed by atoms with van der Waals surface area (Å²) in [6.07, 6.45) is 3.36. The molecule has 3 rings (SSSR count). The van der Waals surface area contributed by atoms with Gasteiger partial charge in [0, 0.05) is 17.8 Å². The van der Waals surface area contributed by atoms with E-state index in [1.54, 1.807) is 18.5 Å². The zero-order valence-electron chi connectivity index (χ0n) is 9.62. The summed E-state index contributed by atoms with van der Waals surface area (Å²) in [5, 5.41) is 5.72. The normalized spacial score (nSPS) is 10.5. The summed E-state index contributed by atoms with van der Waals surface area (Å²) in [5.41, 5.74) is 0.812. The first-order valence-electron chi connectivity index (χ1n) is 5.37. The Morgan fingerprint density at radius 1 is 1.22 bits per heavy atom. The molecule has 0 aliphatic heterocycles. The Morgan fingerprint density at radius 2 is 2.06 bits per heavy atom. The van der Waals surface area contributed by atoms with Crippen molar-refractivity contribution in [3.05, 3.63) is 41.7 Å². The molecule has 0 bridgehead atoms. The van der Waals surface area contributed by atoms with E-state index in [0.717, 1.165) is 22.3 Å². The fourth-order valence-corrected chi connectivity index (χ4v) is 2.17. The van der Waals surface area contributed by atoms with Crippen molar-refractivity contribution in [3.63, 3.8) is 0 Å². The second kappa shape index (κ2) is 4.58. The molecule has 0 aliphatic carbocycles. The molecule has 18 heavy (non-hydrogen) atoms. The van der Waals surface area contributed by atoms with Crippen molar-refractivity contribution < 1.29 is 4.42 Å². The van der Waals surface area contributed by atoms with Gasteiger partial charge in [0.25, 0.3) is 0 Å². The summed E-state index contributed by atoms with van der Waals surface area (Å²) in [4.78, 5) is 12.6.